The summed E-state index contributed by atoms with van der Waals surface area (Å²) in [5.74, 6) is 0.522. The van der Waals surface area contributed by atoms with Gasteiger partial charge in [-0.3, -0.25) is 0 Å². The minimum absolute atomic E-state index is 0.185. The minimum atomic E-state index is 0.185. The van der Waals surface area contributed by atoms with Gasteiger partial charge in [0.05, 0.1) is 0 Å². The van der Waals surface area contributed by atoms with Crippen molar-refractivity contribution in [3.8, 4) is 5.88 Å². The second kappa shape index (κ2) is 5.14. The summed E-state index contributed by atoms with van der Waals surface area (Å²) < 4.78 is 6.58. The van der Waals surface area contributed by atoms with Gasteiger partial charge in [-0.2, -0.15) is 0 Å². The van der Waals surface area contributed by atoms with Crippen molar-refractivity contribution in [1.29, 1.82) is 0 Å². The number of hydrogen-bond donors (Lipinski definition) is 1. The molecule has 1 saturated heterocycles. The lowest BCUT2D eigenvalue weighted by atomic mass is 10.1. The van der Waals surface area contributed by atoms with Crippen LogP contribution in [0.2, 0.25) is 5.02 Å². The predicted molar refractivity (Wildman–Crippen MR) is 63.5 cm³/mol. The van der Waals surface area contributed by atoms with Gasteiger partial charge in [0.2, 0.25) is 5.88 Å². The van der Waals surface area contributed by atoms with Crippen molar-refractivity contribution in [2.24, 2.45) is 0 Å². The second-order valence-corrected chi connectivity index (χ2v) is 4.85. The number of hydrogen-bond acceptors (Lipinski definition) is 3. The largest absolute Gasteiger partial charge is 0.472 e. The van der Waals surface area contributed by atoms with E-state index in [4.69, 9.17) is 16.3 Å². The van der Waals surface area contributed by atoms with Gasteiger partial charge in [0.15, 0.2) is 0 Å². The zero-order valence-corrected chi connectivity index (χ0v) is 10.5. The third-order valence-corrected chi connectivity index (χ3v) is 3.01. The fraction of sp³-hybridized carbons (Fsp3) is 0.500. The van der Waals surface area contributed by atoms with E-state index >= 15 is 0 Å². The Morgan fingerprint density at radius 2 is 2.47 bits per heavy atom. The van der Waals surface area contributed by atoms with Gasteiger partial charge in [0.1, 0.15) is 11.1 Å². The van der Waals surface area contributed by atoms with Gasteiger partial charge < -0.3 is 10.1 Å². The molecular weight excluding hydrogens is 279 g/mol. The van der Waals surface area contributed by atoms with Gasteiger partial charge in [0, 0.05) is 17.2 Å². The first-order valence-electron chi connectivity index (χ1n) is 4.94. The Morgan fingerprint density at radius 3 is 3.13 bits per heavy atom. The molecule has 3 nitrogen and oxygen atoms in total. The Balaban J connectivity index is 2.03. The molecule has 1 aliphatic rings. The molecule has 0 aliphatic carbocycles. The van der Waals surface area contributed by atoms with Crippen molar-refractivity contribution in [1.82, 2.24) is 10.3 Å². The smallest absolute Gasteiger partial charge is 0.232 e. The first-order valence-corrected chi connectivity index (χ1v) is 6.11. The van der Waals surface area contributed by atoms with Gasteiger partial charge in [-0.15, -0.1) is 0 Å². The molecule has 1 aromatic heterocycles. The highest BCUT2D eigenvalue weighted by Gasteiger charge is 2.16. The standard InChI is InChI=1S/C10H12BrClN2O/c11-7-4-9(12)10(14-5-7)15-8-2-1-3-13-6-8/h4-5,8,13H,1-3,6H2/t8-/m0/s1. The highest BCUT2D eigenvalue weighted by molar-refractivity contribution is 9.10. The van der Waals surface area contributed by atoms with Crippen molar-refractivity contribution in [3.05, 3.63) is 21.8 Å². The monoisotopic (exact) mass is 290 g/mol. The Morgan fingerprint density at radius 1 is 1.60 bits per heavy atom. The molecule has 2 heterocycles. The molecule has 0 radical (unpaired) electrons. The SMILES string of the molecule is Clc1cc(Br)cnc1O[C@H]1CCCNC1. The number of nitrogens with zero attached hydrogens (tertiary/aromatic N) is 1. The topological polar surface area (TPSA) is 34.1 Å². The van der Waals surface area contributed by atoms with Crippen LogP contribution < -0.4 is 10.1 Å². The highest BCUT2D eigenvalue weighted by atomic mass is 79.9. The first kappa shape index (κ1) is 11.2. The predicted octanol–water partition coefficient (Wildman–Crippen LogP) is 2.63. The minimum Gasteiger partial charge on any atom is -0.472 e. The van der Waals surface area contributed by atoms with E-state index in [1.807, 2.05) is 0 Å². The van der Waals surface area contributed by atoms with E-state index < -0.39 is 0 Å². The van der Waals surface area contributed by atoms with Crippen LogP contribution in [0.4, 0.5) is 0 Å². The average molecular weight is 292 g/mol. The number of nitrogens with one attached hydrogen (secondary N) is 1. The number of halogens is 2. The molecular formula is C10H12BrClN2O. The van der Waals surface area contributed by atoms with E-state index in [-0.39, 0.29) is 6.10 Å². The van der Waals surface area contributed by atoms with E-state index in [0.29, 0.717) is 10.9 Å². The third kappa shape index (κ3) is 3.06. The molecule has 1 fully saturated rings. The summed E-state index contributed by atoms with van der Waals surface area (Å²) >= 11 is 9.32. The number of rotatable bonds is 2. The summed E-state index contributed by atoms with van der Waals surface area (Å²) in [5.41, 5.74) is 0. The van der Waals surface area contributed by atoms with E-state index in [2.05, 4.69) is 26.2 Å². The molecule has 82 valence electrons. The summed E-state index contributed by atoms with van der Waals surface area (Å²) in [6, 6.07) is 1.79. The van der Waals surface area contributed by atoms with Crippen LogP contribution in [-0.4, -0.2) is 24.2 Å². The van der Waals surface area contributed by atoms with E-state index in [9.17, 15) is 0 Å². The van der Waals surface area contributed by atoms with Crippen LogP contribution >= 0.6 is 27.5 Å². The quantitative estimate of drug-likeness (QED) is 0.909. The molecule has 0 aromatic carbocycles. The maximum atomic E-state index is 6.01. The Kier molecular flexibility index (Phi) is 3.83. The molecule has 2 rings (SSSR count). The van der Waals surface area contributed by atoms with Crippen molar-refractivity contribution >= 4 is 27.5 Å². The summed E-state index contributed by atoms with van der Waals surface area (Å²) in [7, 11) is 0. The fourth-order valence-corrected chi connectivity index (χ4v) is 2.24. The maximum absolute atomic E-state index is 6.01. The lowest BCUT2D eigenvalue weighted by Crippen LogP contribution is -2.37. The lowest BCUT2D eigenvalue weighted by Gasteiger charge is -2.23. The van der Waals surface area contributed by atoms with Crippen molar-refractivity contribution in [2.45, 2.75) is 18.9 Å². The zero-order valence-electron chi connectivity index (χ0n) is 8.17. The number of ether oxygens (including phenoxy) is 1. The van der Waals surface area contributed by atoms with Crippen LogP contribution in [-0.2, 0) is 0 Å². The van der Waals surface area contributed by atoms with Gasteiger partial charge in [-0.25, -0.2) is 4.98 Å². The van der Waals surface area contributed by atoms with Crippen molar-refractivity contribution in [3.63, 3.8) is 0 Å². The summed E-state index contributed by atoms with van der Waals surface area (Å²) in [6.07, 6.45) is 4.07. The van der Waals surface area contributed by atoms with Crippen LogP contribution in [0.5, 0.6) is 5.88 Å². The molecule has 0 amide bonds. The molecule has 1 atom stereocenters. The van der Waals surface area contributed by atoms with Crippen LogP contribution in [0.25, 0.3) is 0 Å². The average Bonchev–Trinajstić information content (AvgIpc) is 2.24. The van der Waals surface area contributed by atoms with Gasteiger partial charge >= 0.3 is 0 Å². The van der Waals surface area contributed by atoms with E-state index in [1.165, 1.54) is 0 Å². The Hall–Kier alpha value is -0.320. The van der Waals surface area contributed by atoms with Crippen LogP contribution in [0.1, 0.15) is 12.8 Å². The molecule has 0 spiro atoms. The summed E-state index contributed by atoms with van der Waals surface area (Å²) in [6.45, 7) is 1.94. The number of pyridine rings is 1. The highest BCUT2D eigenvalue weighted by Crippen LogP contribution is 2.26. The van der Waals surface area contributed by atoms with Crippen molar-refractivity contribution in [2.75, 3.05) is 13.1 Å². The molecule has 1 aliphatic heterocycles. The molecule has 1 N–H and O–H groups in total. The van der Waals surface area contributed by atoms with Crippen LogP contribution in [0.15, 0.2) is 16.7 Å². The molecule has 1 aromatic rings. The van der Waals surface area contributed by atoms with Gasteiger partial charge in [-0.05, 0) is 41.4 Å². The zero-order chi connectivity index (χ0) is 10.7. The van der Waals surface area contributed by atoms with E-state index in [0.717, 1.165) is 30.4 Å². The van der Waals surface area contributed by atoms with Crippen molar-refractivity contribution < 1.29 is 4.74 Å². The molecule has 0 bridgehead atoms. The normalized spacial score (nSPS) is 21.3. The number of piperidine rings is 1. The fourth-order valence-electron chi connectivity index (χ4n) is 1.57. The van der Waals surface area contributed by atoms with Crippen LogP contribution in [0, 0.1) is 0 Å². The number of aromatic nitrogens is 1. The maximum Gasteiger partial charge on any atom is 0.232 e. The summed E-state index contributed by atoms with van der Waals surface area (Å²) in [4.78, 5) is 4.14. The molecule has 0 saturated carbocycles. The van der Waals surface area contributed by atoms with Gasteiger partial charge in [-0.1, -0.05) is 11.6 Å². The third-order valence-electron chi connectivity index (χ3n) is 2.30. The van der Waals surface area contributed by atoms with Crippen LogP contribution in [0.3, 0.4) is 0 Å². The second-order valence-electron chi connectivity index (χ2n) is 3.53. The van der Waals surface area contributed by atoms with Gasteiger partial charge in [0.25, 0.3) is 0 Å². The molecule has 5 heteroatoms. The van der Waals surface area contributed by atoms with E-state index in [1.54, 1.807) is 12.3 Å². The first-order chi connectivity index (χ1) is 7.25. The molecule has 0 unspecified atom stereocenters. The summed E-state index contributed by atoms with van der Waals surface area (Å²) in [5, 5.41) is 3.83. The molecule has 15 heavy (non-hydrogen) atoms. The Bertz CT molecular complexity index is 342. The lowest BCUT2D eigenvalue weighted by molar-refractivity contribution is 0.160. The Labute approximate surface area is 102 Å².